The number of hydrogen-bond donors (Lipinski definition) is 2. The second-order valence-electron chi connectivity index (χ2n) is 9.21. The Balaban J connectivity index is 0. The van der Waals surface area contributed by atoms with Crippen molar-refractivity contribution in [2.45, 2.75) is 86.5 Å². The molecular formula is C30H49Br2CoN3. The maximum atomic E-state index is 3.77. The third-order valence-corrected chi connectivity index (χ3v) is 6.88. The molecule has 2 aromatic carbocycles. The van der Waals surface area contributed by atoms with Crippen LogP contribution in [0.5, 0.6) is 0 Å². The Hall–Kier alpha value is -0.534. The Morgan fingerprint density at radius 3 is 1.25 bits per heavy atom. The van der Waals surface area contributed by atoms with Crippen LogP contribution in [-0.4, -0.2) is 38.1 Å². The summed E-state index contributed by atoms with van der Waals surface area (Å²) in [7, 11) is 2.24. The zero-order valence-corrected chi connectivity index (χ0v) is 27.8. The summed E-state index contributed by atoms with van der Waals surface area (Å²) in [6, 6.07) is 9.56. The standard InChI is InChI=1S/C30H49N3.2BrH.Co/c1-8-23-19-25(10-3)29(26(11-4)20-23)31-15-14-17-33(7)18-16-32-30-27(12-5)21-24(9-2)22-28(30)13-6;;;/h19-22,31-32H,8-18H2,1-7H3;2*1H;/q;;;+2/p-2. The van der Waals surface area contributed by atoms with E-state index in [1.54, 1.807) is 0 Å². The van der Waals surface area contributed by atoms with Crippen molar-refractivity contribution < 1.29 is 50.7 Å². The van der Waals surface area contributed by atoms with Gasteiger partial charge in [-0.15, -0.1) is 0 Å². The van der Waals surface area contributed by atoms with Gasteiger partial charge in [-0.2, -0.15) is 0 Å². The van der Waals surface area contributed by atoms with E-state index in [2.05, 4.69) is 88.4 Å². The van der Waals surface area contributed by atoms with Crippen LogP contribution in [0.4, 0.5) is 11.4 Å². The van der Waals surface area contributed by atoms with Gasteiger partial charge in [0, 0.05) is 31.0 Å². The molecule has 0 aliphatic rings. The maximum absolute atomic E-state index is 3.77. The Morgan fingerprint density at radius 1 is 0.556 bits per heavy atom. The van der Waals surface area contributed by atoms with Gasteiger partial charge in [0.2, 0.25) is 0 Å². The summed E-state index contributed by atoms with van der Waals surface area (Å²) in [5.74, 6) is 0. The van der Waals surface area contributed by atoms with Crippen molar-refractivity contribution in [1.82, 2.24) is 4.90 Å². The molecule has 1 radical (unpaired) electrons. The van der Waals surface area contributed by atoms with Gasteiger partial charge in [0.15, 0.2) is 0 Å². The van der Waals surface area contributed by atoms with E-state index in [9.17, 15) is 0 Å². The largest absolute Gasteiger partial charge is 2.00 e. The van der Waals surface area contributed by atoms with Crippen molar-refractivity contribution in [1.29, 1.82) is 0 Å². The van der Waals surface area contributed by atoms with E-state index >= 15 is 0 Å². The number of anilines is 2. The fraction of sp³-hybridized carbons (Fsp3) is 0.600. The van der Waals surface area contributed by atoms with E-state index in [1.807, 2.05) is 0 Å². The second-order valence-corrected chi connectivity index (χ2v) is 9.21. The molecule has 0 aliphatic heterocycles. The van der Waals surface area contributed by atoms with Gasteiger partial charge in [-0.25, -0.2) is 0 Å². The number of likely N-dealkylation sites (N-methyl/N-ethyl adjacent to an activating group) is 1. The summed E-state index contributed by atoms with van der Waals surface area (Å²) >= 11 is 0. The summed E-state index contributed by atoms with van der Waals surface area (Å²) < 4.78 is 0. The van der Waals surface area contributed by atoms with E-state index in [0.29, 0.717) is 0 Å². The first kappa shape index (κ1) is 37.6. The molecule has 207 valence electrons. The topological polar surface area (TPSA) is 27.3 Å². The van der Waals surface area contributed by atoms with Crippen molar-refractivity contribution in [3.63, 3.8) is 0 Å². The molecule has 36 heavy (non-hydrogen) atoms. The van der Waals surface area contributed by atoms with Crippen LogP contribution in [0.3, 0.4) is 0 Å². The molecule has 2 N–H and O–H groups in total. The van der Waals surface area contributed by atoms with Crippen molar-refractivity contribution in [2.75, 3.05) is 43.9 Å². The summed E-state index contributed by atoms with van der Waals surface area (Å²) in [5, 5.41) is 7.54. The van der Waals surface area contributed by atoms with Crippen molar-refractivity contribution in [3.8, 4) is 0 Å². The first-order chi connectivity index (χ1) is 16.0. The van der Waals surface area contributed by atoms with Crippen molar-refractivity contribution in [3.05, 3.63) is 57.6 Å². The molecule has 0 bridgehead atoms. The van der Waals surface area contributed by atoms with Gasteiger partial charge in [0.25, 0.3) is 0 Å². The van der Waals surface area contributed by atoms with Crippen molar-refractivity contribution in [2.24, 2.45) is 0 Å². The van der Waals surface area contributed by atoms with Gasteiger partial charge in [0.05, 0.1) is 0 Å². The van der Waals surface area contributed by atoms with Crippen LogP contribution in [0.1, 0.15) is 81.3 Å². The predicted octanol–water partition coefficient (Wildman–Crippen LogP) is 0.912. The molecule has 0 aliphatic carbocycles. The fourth-order valence-electron chi connectivity index (χ4n) is 4.70. The fourth-order valence-corrected chi connectivity index (χ4v) is 4.70. The first-order valence-electron chi connectivity index (χ1n) is 13.5. The summed E-state index contributed by atoms with van der Waals surface area (Å²) in [6.45, 7) is 17.8. The summed E-state index contributed by atoms with van der Waals surface area (Å²) in [5.41, 5.74) is 11.5. The van der Waals surface area contributed by atoms with Gasteiger partial charge < -0.3 is 49.5 Å². The van der Waals surface area contributed by atoms with Gasteiger partial charge in [-0.05, 0) is 91.9 Å². The van der Waals surface area contributed by atoms with E-state index in [-0.39, 0.29) is 50.7 Å². The van der Waals surface area contributed by atoms with Crippen molar-refractivity contribution >= 4 is 11.4 Å². The molecule has 2 aromatic rings. The molecule has 0 fully saturated rings. The van der Waals surface area contributed by atoms with Crippen LogP contribution in [-0.2, 0) is 55.3 Å². The molecule has 6 heteroatoms. The second kappa shape index (κ2) is 20.4. The quantitative estimate of drug-likeness (QED) is 0.277. The third kappa shape index (κ3) is 11.1. The van der Waals surface area contributed by atoms with Crippen LogP contribution in [0, 0.1) is 0 Å². The SMILES string of the molecule is CCc1cc(CC)c(NCCCN(C)CCNc2c(CC)cc(CC)cc2CC)c(CC)c1.[Br-].[Br-].[Co+2]. The number of aryl methyl sites for hydroxylation is 6. The molecule has 0 saturated heterocycles. The van der Waals surface area contributed by atoms with E-state index in [0.717, 1.165) is 71.1 Å². The minimum Gasteiger partial charge on any atom is -1.00 e. The minimum atomic E-state index is 0. The number of benzene rings is 2. The minimum absolute atomic E-state index is 0. The molecule has 0 aromatic heterocycles. The van der Waals surface area contributed by atoms with Gasteiger partial charge in [0.1, 0.15) is 0 Å². The molecule has 2 rings (SSSR count). The van der Waals surface area contributed by atoms with E-state index < -0.39 is 0 Å². The van der Waals surface area contributed by atoms with Crippen LogP contribution in [0.2, 0.25) is 0 Å². The molecule has 0 amide bonds. The Labute approximate surface area is 253 Å². The number of hydrogen-bond acceptors (Lipinski definition) is 3. The molecule has 0 unspecified atom stereocenters. The number of halogens is 2. The first-order valence-corrected chi connectivity index (χ1v) is 13.5. The zero-order chi connectivity index (χ0) is 24.2. The van der Waals surface area contributed by atoms with Gasteiger partial charge >= 0.3 is 16.8 Å². The van der Waals surface area contributed by atoms with Gasteiger partial charge in [-0.3, -0.25) is 0 Å². The number of nitrogens with zero attached hydrogens (tertiary/aromatic N) is 1. The van der Waals surface area contributed by atoms with Crippen LogP contribution in [0.25, 0.3) is 0 Å². The molecule has 3 nitrogen and oxygen atoms in total. The smallest absolute Gasteiger partial charge is 1.00 e. The Morgan fingerprint density at radius 2 is 0.917 bits per heavy atom. The Kier molecular flexibility index (Phi) is 21.3. The normalized spacial score (nSPS) is 10.3. The van der Waals surface area contributed by atoms with Gasteiger partial charge in [-0.1, -0.05) is 65.8 Å². The van der Waals surface area contributed by atoms with E-state index in [1.165, 1.54) is 44.8 Å². The average molecular weight is 670 g/mol. The predicted molar refractivity (Wildman–Crippen MR) is 148 cm³/mol. The van der Waals surface area contributed by atoms with Crippen LogP contribution >= 0.6 is 0 Å². The molecule has 0 atom stereocenters. The van der Waals surface area contributed by atoms with Crippen LogP contribution in [0.15, 0.2) is 24.3 Å². The molecule has 0 saturated carbocycles. The van der Waals surface area contributed by atoms with E-state index in [4.69, 9.17) is 0 Å². The maximum Gasteiger partial charge on any atom is 2.00 e. The number of nitrogens with one attached hydrogen (secondary N) is 2. The summed E-state index contributed by atoms with van der Waals surface area (Å²) in [4.78, 5) is 2.45. The average Bonchev–Trinajstić information content (AvgIpc) is 2.85. The zero-order valence-electron chi connectivity index (χ0n) is 23.6. The third-order valence-electron chi connectivity index (χ3n) is 6.88. The molecular weight excluding hydrogens is 621 g/mol. The summed E-state index contributed by atoms with van der Waals surface area (Å²) in [6.07, 6.45) is 7.73. The molecule has 0 heterocycles. The van der Waals surface area contributed by atoms with Crippen LogP contribution < -0.4 is 44.6 Å². The Bertz CT molecular complexity index is 823. The number of rotatable bonds is 15. The molecule has 0 spiro atoms. The monoisotopic (exact) mass is 668 g/mol.